The van der Waals surface area contributed by atoms with Crippen LogP contribution in [0.2, 0.25) is 0 Å². The first kappa shape index (κ1) is 15.4. The summed E-state index contributed by atoms with van der Waals surface area (Å²) in [6, 6.07) is 16.7. The number of carbonyl (C=O) groups is 1. The van der Waals surface area contributed by atoms with E-state index in [1.165, 1.54) is 0 Å². The van der Waals surface area contributed by atoms with Crippen LogP contribution < -0.4 is 5.32 Å². The molecular formula is C17H17N3O2S. The highest BCUT2D eigenvalue weighted by atomic mass is 32.2. The third-order valence-electron chi connectivity index (χ3n) is 3.59. The van der Waals surface area contributed by atoms with Crippen LogP contribution in [0.25, 0.3) is 10.9 Å². The van der Waals surface area contributed by atoms with Gasteiger partial charge in [0.05, 0.1) is 11.6 Å². The fourth-order valence-electron chi connectivity index (χ4n) is 2.50. The van der Waals surface area contributed by atoms with E-state index in [1.54, 1.807) is 6.26 Å². The van der Waals surface area contributed by atoms with Crippen LogP contribution in [0.1, 0.15) is 22.1 Å². The molecule has 1 aromatic heterocycles. The fraction of sp³-hybridized carbons (Fsp3) is 0.176. The minimum atomic E-state index is -1.03. The largest absolute Gasteiger partial charge is 0.343 e. The second-order valence-electron chi connectivity index (χ2n) is 5.29. The van der Waals surface area contributed by atoms with Gasteiger partial charge in [-0.2, -0.15) is 5.10 Å². The van der Waals surface area contributed by atoms with Crippen LogP contribution in [0.5, 0.6) is 0 Å². The van der Waals surface area contributed by atoms with Gasteiger partial charge in [0.2, 0.25) is 0 Å². The zero-order valence-electron chi connectivity index (χ0n) is 12.7. The molecule has 1 amide bonds. The van der Waals surface area contributed by atoms with Crippen molar-refractivity contribution in [1.29, 1.82) is 0 Å². The lowest BCUT2D eigenvalue weighted by Gasteiger charge is -2.17. The van der Waals surface area contributed by atoms with Gasteiger partial charge in [-0.15, -0.1) is 0 Å². The van der Waals surface area contributed by atoms with Crippen molar-refractivity contribution in [1.82, 2.24) is 15.5 Å². The molecule has 0 saturated heterocycles. The first-order valence-electron chi connectivity index (χ1n) is 7.24. The molecule has 3 rings (SSSR count). The van der Waals surface area contributed by atoms with E-state index < -0.39 is 10.8 Å². The summed E-state index contributed by atoms with van der Waals surface area (Å²) in [5.41, 5.74) is 2.09. The molecule has 0 unspecified atom stereocenters. The van der Waals surface area contributed by atoms with Crippen LogP contribution in [-0.2, 0) is 10.8 Å². The maximum Gasteiger partial charge on any atom is 0.272 e. The molecule has 0 fully saturated rings. The number of amides is 1. The highest BCUT2D eigenvalue weighted by Gasteiger charge is 2.20. The normalized spacial score (nSPS) is 13.6. The number of nitrogens with one attached hydrogen (secondary N) is 2. The third-order valence-corrected chi connectivity index (χ3v) is 4.40. The second kappa shape index (κ2) is 6.75. The molecule has 0 spiro atoms. The molecule has 6 heteroatoms. The maximum absolute atomic E-state index is 12.6. The summed E-state index contributed by atoms with van der Waals surface area (Å²) in [6.07, 6.45) is 1.63. The molecule has 0 aliphatic rings. The minimum absolute atomic E-state index is 0.276. The molecule has 118 valence electrons. The number of hydrogen-bond acceptors (Lipinski definition) is 3. The number of para-hydroxylation sites is 1. The molecule has 0 radical (unpaired) electrons. The summed E-state index contributed by atoms with van der Waals surface area (Å²) in [6.45, 7) is 0. The zero-order valence-corrected chi connectivity index (χ0v) is 13.5. The summed E-state index contributed by atoms with van der Waals surface area (Å²) in [5, 5.41) is 10.7. The van der Waals surface area contributed by atoms with Crippen molar-refractivity contribution >= 4 is 27.6 Å². The predicted molar refractivity (Wildman–Crippen MR) is 91.7 cm³/mol. The fourth-order valence-corrected chi connectivity index (χ4v) is 3.25. The van der Waals surface area contributed by atoms with Crippen molar-refractivity contribution in [2.75, 3.05) is 12.0 Å². The Kier molecular flexibility index (Phi) is 4.52. The number of benzene rings is 2. The van der Waals surface area contributed by atoms with Crippen LogP contribution in [0, 0.1) is 0 Å². The molecule has 1 heterocycles. The van der Waals surface area contributed by atoms with Gasteiger partial charge in [-0.3, -0.25) is 14.1 Å². The van der Waals surface area contributed by atoms with E-state index in [2.05, 4.69) is 15.5 Å². The van der Waals surface area contributed by atoms with Crippen molar-refractivity contribution in [2.45, 2.75) is 6.04 Å². The van der Waals surface area contributed by atoms with Crippen molar-refractivity contribution < 1.29 is 9.00 Å². The standard InChI is InChI=1S/C17H17N3O2S/c1-23(22)11-15(12-7-3-2-4-8-12)18-17(21)16-13-9-5-6-10-14(13)19-20-16/h2-10,15H,11H2,1H3,(H,18,21)(H,19,20)/t15-,23+/m0/s1. The van der Waals surface area contributed by atoms with E-state index in [0.717, 1.165) is 16.5 Å². The Morgan fingerprint density at radius 3 is 2.61 bits per heavy atom. The smallest absolute Gasteiger partial charge is 0.272 e. The monoisotopic (exact) mass is 327 g/mol. The molecule has 0 aliphatic carbocycles. The van der Waals surface area contributed by atoms with E-state index in [4.69, 9.17) is 0 Å². The number of fused-ring (bicyclic) bond motifs is 1. The van der Waals surface area contributed by atoms with Crippen LogP contribution in [0.4, 0.5) is 0 Å². The number of aromatic amines is 1. The van der Waals surface area contributed by atoms with Crippen molar-refractivity contribution in [3.8, 4) is 0 Å². The Morgan fingerprint density at radius 2 is 1.87 bits per heavy atom. The lowest BCUT2D eigenvalue weighted by atomic mass is 10.1. The van der Waals surface area contributed by atoms with Gasteiger partial charge in [0.25, 0.3) is 5.91 Å². The lowest BCUT2D eigenvalue weighted by molar-refractivity contribution is 0.0937. The Morgan fingerprint density at radius 1 is 1.17 bits per heavy atom. The number of aromatic nitrogens is 2. The SMILES string of the molecule is C[S@@](=O)C[C@H](NC(=O)c1n[nH]c2ccccc12)c1ccccc1. The molecule has 3 aromatic rings. The molecule has 23 heavy (non-hydrogen) atoms. The molecule has 0 saturated carbocycles. The van der Waals surface area contributed by atoms with E-state index in [0.29, 0.717) is 11.4 Å². The van der Waals surface area contributed by atoms with Gasteiger partial charge in [0.1, 0.15) is 0 Å². The van der Waals surface area contributed by atoms with Gasteiger partial charge in [-0.25, -0.2) is 0 Å². The van der Waals surface area contributed by atoms with Crippen molar-refractivity contribution in [3.05, 3.63) is 65.9 Å². The topological polar surface area (TPSA) is 74.8 Å². The van der Waals surface area contributed by atoms with Gasteiger partial charge in [0, 0.05) is 28.2 Å². The van der Waals surface area contributed by atoms with E-state index in [1.807, 2.05) is 54.6 Å². The molecule has 0 aliphatic heterocycles. The molecule has 5 nitrogen and oxygen atoms in total. The highest BCUT2D eigenvalue weighted by Crippen LogP contribution is 2.18. The Balaban J connectivity index is 1.87. The summed E-state index contributed by atoms with van der Waals surface area (Å²) >= 11 is 0. The average molecular weight is 327 g/mol. The van der Waals surface area contributed by atoms with Gasteiger partial charge in [-0.1, -0.05) is 48.5 Å². The van der Waals surface area contributed by atoms with Gasteiger partial charge >= 0.3 is 0 Å². The third kappa shape index (κ3) is 3.48. The highest BCUT2D eigenvalue weighted by molar-refractivity contribution is 7.84. The lowest BCUT2D eigenvalue weighted by Crippen LogP contribution is -2.32. The summed E-state index contributed by atoms with van der Waals surface area (Å²) in [5.74, 6) is 0.0831. The zero-order chi connectivity index (χ0) is 16.2. The van der Waals surface area contributed by atoms with Gasteiger partial charge in [-0.05, 0) is 11.6 Å². The van der Waals surface area contributed by atoms with Crippen molar-refractivity contribution in [3.63, 3.8) is 0 Å². The molecule has 2 aromatic carbocycles. The quantitative estimate of drug-likeness (QED) is 0.756. The van der Waals surface area contributed by atoms with Crippen molar-refractivity contribution in [2.24, 2.45) is 0 Å². The van der Waals surface area contributed by atoms with Crippen LogP contribution in [-0.4, -0.2) is 32.3 Å². The van der Waals surface area contributed by atoms with E-state index in [-0.39, 0.29) is 11.9 Å². The van der Waals surface area contributed by atoms with Crippen LogP contribution in [0.3, 0.4) is 0 Å². The number of nitrogens with zero attached hydrogens (tertiary/aromatic N) is 1. The van der Waals surface area contributed by atoms with Gasteiger partial charge < -0.3 is 5.32 Å². The minimum Gasteiger partial charge on any atom is -0.343 e. The van der Waals surface area contributed by atoms with E-state index >= 15 is 0 Å². The maximum atomic E-state index is 12.6. The van der Waals surface area contributed by atoms with Gasteiger partial charge in [0.15, 0.2) is 5.69 Å². The molecule has 0 bridgehead atoms. The van der Waals surface area contributed by atoms with Crippen LogP contribution in [0.15, 0.2) is 54.6 Å². The summed E-state index contributed by atoms with van der Waals surface area (Å²) in [4.78, 5) is 12.6. The first-order valence-corrected chi connectivity index (χ1v) is 8.97. The Hall–Kier alpha value is -2.47. The van der Waals surface area contributed by atoms with Crippen LogP contribution >= 0.6 is 0 Å². The predicted octanol–water partition coefficient (Wildman–Crippen LogP) is 2.41. The van der Waals surface area contributed by atoms with E-state index in [9.17, 15) is 9.00 Å². The average Bonchev–Trinajstić information content (AvgIpc) is 2.99. The number of carbonyl (C=O) groups excluding carboxylic acids is 1. The molecular weight excluding hydrogens is 310 g/mol. The Bertz CT molecular complexity index is 845. The first-order chi connectivity index (χ1) is 11.1. The second-order valence-corrected chi connectivity index (χ2v) is 6.77. The molecule has 2 N–H and O–H groups in total. The number of hydrogen-bond donors (Lipinski definition) is 2. The summed E-state index contributed by atoms with van der Waals surface area (Å²) < 4.78 is 11.6. The molecule has 2 atom stereocenters. The number of H-pyrrole nitrogens is 1. The Labute approximate surface area is 136 Å². The summed E-state index contributed by atoms with van der Waals surface area (Å²) in [7, 11) is -1.03. The number of rotatable bonds is 5.